The lowest BCUT2D eigenvalue weighted by Crippen LogP contribution is -2.27. The molecule has 1 rings (SSSR count). The number of nitrogens with zero attached hydrogens (tertiary/aromatic N) is 2. The maximum absolute atomic E-state index is 11.7. The summed E-state index contributed by atoms with van der Waals surface area (Å²) < 4.78 is 0. The van der Waals surface area contributed by atoms with E-state index in [9.17, 15) is 4.79 Å². The third-order valence-electron chi connectivity index (χ3n) is 2.45. The molecule has 4 nitrogen and oxygen atoms in total. The maximum atomic E-state index is 11.7. The number of carbonyl (C=O) groups is 1. The van der Waals surface area contributed by atoms with E-state index in [0.29, 0.717) is 13.0 Å². The van der Waals surface area contributed by atoms with Crippen molar-refractivity contribution in [1.82, 2.24) is 10.3 Å². The molecule has 1 aromatic heterocycles. The van der Waals surface area contributed by atoms with Gasteiger partial charge in [-0.25, -0.2) is 4.98 Å². The second kappa shape index (κ2) is 5.85. The largest absolute Gasteiger partial charge is 0.363 e. The van der Waals surface area contributed by atoms with Crippen LogP contribution in [0, 0.1) is 5.41 Å². The van der Waals surface area contributed by atoms with Crippen molar-refractivity contribution < 1.29 is 4.79 Å². The van der Waals surface area contributed by atoms with Crippen molar-refractivity contribution in [2.75, 3.05) is 19.0 Å². The molecule has 0 spiro atoms. The van der Waals surface area contributed by atoms with E-state index in [-0.39, 0.29) is 11.3 Å². The molecule has 0 saturated heterocycles. The Morgan fingerprint density at radius 2 is 2.00 bits per heavy atom. The molecule has 100 valence electrons. The van der Waals surface area contributed by atoms with Gasteiger partial charge in [-0.05, 0) is 17.0 Å². The number of anilines is 1. The van der Waals surface area contributed by atoms with Crippen LogP contribution in [0.25, 0.3) is 0 Å². The average Bonchev–Trinajstić information content (AvgIpc) is 2.24. The zero-order valence-electron chi connectivity index (χ0n) is 11.9. The van der Waals surface area contributed by atoms with Gasteiger partial charge in [0.05, 0.1) is 0 Å². The summed E-state index contributed by atoms with van der Waals surface area (Å²) in [7, 11) is 3.90. The molecule has 18 heavy (non-hydrogen) atoms. The van der Waals surface area contributed by atoms with Gasteiger partial charge in [-0.15, -0.1) is 0 Å². The molecule has 0 aliphatic heterocycles. The molecule has 0 atom stereocenters. The molecule has 0 bridgehead atoms. The SMILES string of the molecule is CN(C)c1ccc(CNC(=O)CC(C)(C)C)cn1. The summed E-state index contributed by atoms with van der Waals surface area (Å²) in [4.78, 5) is 17.9. The highest BCUT2D eigenvalue weighted by Gasteiger charge is 2.15. The van der Waals surface area contributed by atoms with Crippen LogP contribution in [0.5, 0.6) is 0 Å². The number of pyridine rings is 1. The number of nitrogens with one attached hydrogen (secondary N) is 1. The molecule has 0 aromatic carbocycles. The zero-order chi connectivity index (χ0) is 13.8. The van der Waals surface area contributed by atoms with Gasteiger partial charge in [-0.2, -0.15) is 0 Å². The Kier molecular flexibility index (Phi) is 4.70. The summed E-state index contributed by atoms with van der Waals surface area (Å²) in [6.45, 7) is 6.70. The maximum Gasteiger partial charge on any atom is 0.220 e. The molecule has 0 radical (unpaired) electrons. The Morgan fingerprint density at radius 3 is 2.44 bits per heavy atom. The molecule has 0 unspecified atom stereocenters. The third kappa shape index (κ3) is 5.17. The number of hydrogen-bond acceptors (Lipinski definition) is 3. The van der Waals surface area contributed by atoms with Gasteiger partial charge in [0.25, 0.3) is 0 Å². The zero-order valence-corrected chi connectivity index (χ0v) is 11.9. The standard InChI is InChI=1S/C14H23N3O/c1-14(2,3)8-13(18)16-10-11-6-7-12(15-9-11)17(4)5/h6-7,9H,8,10H2,1-5H3,(H,16,18). The summed E-state index contributed by atoms with van der Waals surface area (Å²) in [5, 5.41) is 2.91. The first-order valence-electron chi connectivity index (χ1n) is 6.17. The molecule has 1 N–H and O–H groups in total. The molecular formula is C14H23N3O. The van der Waals surface area contributed by atoms with Gasteiger partial charge >= 0.3 is 0 Å². The lowest BCUT2D eigenvalue weighted by Gasteiger charge is -2.17. The van der Waals surface area contributed by atoms with Gasteiger partial charge in [0.1, 0.15) is 5.82 Å². The second-order valence-corrected chi connectivity index (χ2v) is 5.93. The fourth-order valence-electron chi connectivity index (χ4n) is 1.53. The van der Waals surface area contributed by atoms with Gasteiger partial charge < -0.3 is 10.2 Å². The van der Waals surface area contributed by atoms with Crippen LogP contribution in [-0.4, -0.2) is 25.0 Å². The summed E-state index contributed by atoms with van der Waals surface area (Å²) >= 11 is 0. The van der Waals surface area contributed by atoms with Gasteiger partial charge in [-0.3, -0.25) is 4.79 Å². The fourth-order valence-corrected chi connectivity index (χ4v) is 1.53. The van der Waals surface area contributed by atoms with E-state index < -0.39 is 0 Å². The van der Waals surface area contributed by atoms with Gasteiger partial charge in [-0.1, -0.05) is 26.8 Å². The minimum atomic E-state index is 0.0249. The Bertz CT molecular complexity index is 390. The van der Waals surface area contributed by atoms with Crippen molar-refractivity contribution in [1.29, 1.82) is 0 Å². The predicted molar refractivity (Wildman–Crippen MR) is 74.5 cm³/mol. The van der Waals surface area contributed by atoms with E-state index in [4.69, 9.17) is 0 Å². The van der Waals surface area contributed by atoms with Crippen molar-refractivity contribution in [3.63, 3.8) is 0 Å². The molecule has 0 aliphatic rings. The highest BCUT2D eigenvalue weighted by molar-refractivity contribution is 5.76. The Morgan fingerprint density at radius 1 is 1.33 bits per heavy atom. The van der Waals surface area contributed by atoms with E-state index in [0.717, 1.165) is 11.4 Å². The Hall–Kier alpha value is -1.58. The predicted octanol–water partition coefficient (Wildman–Crippen LogP) is 2.20. The first kappa shape index (κ1) is 14.5. The highest BCUT2D eigenvalue weighted by Crippen LogP contribution is 2.17. The van der Waals surface area contributed by atoms with Crippen LogP contribution in [0.2, 0.25) is 0 Å². The Labute approximate surface area is 109 Å². The number of rotatable bonds is 4. The van der Waals surface area contributed by atoms with Gasteiger partial charge in [0, 0.05) is 33.3 Å². The highest BCUT2D eigenvalue weighted by atomic mass is 16.1. The van der Waals surface area contributed by atoms with Crippen molar-refractivity contribution in [3.05, 3.63) is 23.9 Å². The third-order valence-corrected chi connectivity index (χ3v) is 2.45. The van der Waals surface area contributed by atoms with E-state index >= 15 is 0 Å². The van der Waals surface area contributed by atoms with Crippen LogP contribution in [-0.2, 0) is 11.3 Å². The topological polar surface area (TPSA) is 45.2 Å². The smallest absolute Gasteiger partial charge is 0.220 e. The number of aromatic nitrogens is 1. The molecule has 0 fully saturated rings. The van der Waals surface area contributed by atoms with E-state index in [1.54, 1.807) is 6.20 Å². The second-order valence-electron chi connectivity index (χ2n) is 5.93. The van der Waals surface area contributed by atoms with E-state index in [1.807, 2.05) is 31.1 Å². The van der Waals surface area contributed by atoms with Crippen LogP contribution in [0.4, 0.5) is 5.82 Å². The van der Waals surface area contributed by atoms with Crippen LogP contribution >= 0.6 is 0 Å². The summed E-state index contributed by atoms with van der Waals surface area (Å²) in [5.41, 5.74) is 1.04. The summed E-state index contributed by atoms with van der Waals surface area (Å²) in [6, 6.07) is 3.94. The van der Waals surface area contributed by atoms with Gasteiger partial charge in [0.2, 0.25) is 5.91 Å². The summed E-state index contributed by atoms with van der Waals surface area (Å²) in [6.07, 6.45) is 2.34. The average molecular weight is 249 g/mol. The van der Waals surface area contributed by atoms with Crippen molar-refractivity contribution in [2.24, 2.45) is 5.41 Å². The van der Waals surface area contributed by atoms with Crippen molar-refractivity contribution >= 4 is 11.7 Å². The number of amides is 1. The number of carbonyl (C=O) groups excluding carboxylic acids is 1. The van der Waals surface area contributed by atoms with E-state index in [1.165, 1.54) is 0 Å². The van der Waals surface area contributed by atoms with Crippen LogP contribution in [0.1, 0.15) is 32.8 Å². The molecular weight excluding hydrogens is 226 g/mol. The lowest BCUT2D eigenvalue weighted by atomic mass is 9.92. The first-order chi connectivity index (χ1) is 8.28. The molecule has 0 aliphatic carbocycles. The summed E-state index contributed by atoms with van der Waals surface area (Å²) in [5.74, 6) is 0.999. The lowest BCUT2D eigenvalue weighted by molar-refractivity contribution is -0.122. The first-order valence-corrected chi connectivity index (χ1v) is 6.17. The molecule has 1 aromatic rings. The van der Waals surface area contributed by atoms with E-state index in [2.05, 4.69) is 31.1 Å². The van der Waals surface area contributed by atoms with Crippen LogP contribution < -0.4 is 10.2 Å². The quantitative estimate of drug-likeness (QED) is 0.889. The van der Waals surface area contributed by atoms with Crippen LogP contribution in [0.15, 0.2) is 18.3 Å². The molecule has 0 saturated carbocycles. The molecule has 4 heteroatoms. The molecule has 1 heterocycles. The van der Waals surface area contributed by atoms with Crippen molar-refractivity contribution in [2.45, 2.75) is 33.7 Å². The van der Waals surface area contributed by atoms with Crippen molar-refractivity contribution in [3.8, 4) is 0 Å². The Balaban J connectivity index is 2.46. The fraction of sp³-hybridized carbons (Fsp3) is 0.571. The number of hydrogen-bond donors (Lipinski definition) is 1. The molecule has 1 amide bonds. The van der Waals surface area contributed by atoms with Gasteiger partial charge in [0.15, 0.2) is 0 Å². The minimum Gasteiger partial charge on any atom is -0.363 e. The monoisotopic (exact) mass is 249 g/mol. The normalized spacial score (nSPS) is 11.2. The minimum absolute atomic E-state index is 0.0249. The van der Waals surface area contributed by atoms with Crippen LogP contribution in [0.3, 0.4) is 0 Å².